The van der Waals surface area contributed by atoms with E-state index in [2.05, 4.69) is 19.9 Å². The smallest absolute Gasteiger partial charge is 0.275 e. The molecular weight excluding hydrogens is 326 g/mol. The van der Waals surface area contributed by atoms with E-state index in [0.29, 0.717) is 10.7 Å². The molecule has 0 radical (unpaired) electrons. The zero-order chi connectivity index (χ0) is 16.5. The van der Waals surface area contributed by atoms with Gasteiger partial charge in [-0.3, -0.25) is 9.69 Å². The Morgan fingerprint density at radius 1 is 1.17 bits per heavy atom. The van der Waals surface area contributed by atoms with Crippen LogP contribution in [-0.2, 0) is 6.54 Å². The zero-order valence-corrected chi connectivity index (χ0v) is 13.8. The van der Waals surface area contributed by atoms with Crippen molar-refractivity contribution in [3.05, 3.63) is 52.4 Å². The van der Waals surface area contributed by atoms with Crippen molar-refractivity contribution in [3.8, 4) is 5.75 Å². The van der Waals surface area contributed by atoms with Gasteiger partial charge in [0.15, 0.2) is 0 Å². The molecule has 2 aromatic heterocycles. The first kappa shape index (κ1) is 15.1. The Morgan fingerprint density at radius 3 is 2.75 bits per heavy atom. The first-order valence-electron chi connectivity index (χ1n) is 7.79. The molecule has 0 unspecified atom stereocenters. The number of hydrogen-bond donors (Lipinski definition) is 1. The van der Waals surface area contributed by atoms with Gasteiger partial charge in [-0.25, -0.2) is 4.98 Å². The molecule has 8 heteroatoms. The summed E-state index contributed by atoms with van der Waals surface area (Å²) in [6.45, 7) is 4.35. The third kappa shape index (κ3) is 2.98. The van der Waals surface area contributed by atoms with Crippen LogP contribution in [0.3, 0.4) is 0 Å². The molecule has 1 aromatic carbocycles. The Morgan fingerprint density at radius 2 is 2.00 bits per heavy atom. The summed E-state index contributed by atoms with van der Waals surface area (Å²) < 4.78 is 1.36. The van der Waals surface area contributed by atoms with E-state index in [1.165, 1.54) is 28.1 Å². The minimum Gasteiger partial charge on any atom is -0.508 e. The van der Waals surface area contributed by atoms with Crippen molar-refractivity contribution in [1.82, 2.24) is 19.5 Å². The summed E-state index contributed by atoms with van der Waals surface area (Å²) in [6.07, 6.45) is 1.52. The second kappa shape index (κ2) is 6.21. The van der Waals surface area contributed by atoms with Crippen molar-refractivity contribution in [2.75, 3.05) is 31.1 Å². The van der Waals surface area contributed by atoms with Crippen LogP contribution in [0.5, 0.6) is 5.75 Å². The Hall–Kier alpha value is -2.45. The first-order chi connectivity index (χ1) is 11.7. The predicted molar refractivity (Wildman–Crippen MR) is 92.7 cm³/mol. The minimum absolute atomic E-state index is 0.148. The number of anilines is 1. The molecule has 124 valence electrons. The lowest BCUT2D eigenvalue weighted by molar-refractivity contribution is 0.249. The third-order valence-corrected chi connectivity index (χ3v) is 5.10. The van der Waals surface area contributed by atoms with Gasteiger partial charge in [-0.05, 0) is 17.7 Å². The van der Waals surface area contributed by atoms with Crippen LogP contribution < -0.4 is 10.5 Å². The number of piperazine rings is 1. The largest absolute Gasteiger partial charge is 0.508 e. The molecule has 1 N–H and O–H groups in total. The molecule has 1 aliphatic rings. The number of hydrogen-bond acceptors (Lipinski definition) is 7. The number of nitrogens with zero attached hydrogens (tertiary/aromatic N) is 5. The Bertz CT molecular complexity index is 914. The average Bonchev–Trinajstić information content (AvgIpc) is 3.01. The Balaban J connectivity index is 1.43. The van der Waals surface area contributed by atoms with Crippen molar-refractivity contribution < 1.29 is 5.11 Å². The summed E-state index contributed by atoms with van der Waals surface area (Å²) in [5.74, 6) is 0.304. The van der Waals surface area contributed by atoms with Crippen LogP contribution in [0.1, 0.15) is 5.56 Å². The number of aromatic hydroxyl groups is 1. The zero-order valence-electron chi connectivity index (χ0n) is 13.0. The van der Waals surface area contributed by atoms with Gasteiger partial charge in [-0.15, -0.1) is 5.10 Å². The average molecular weight is 343 g/mol. The summed E-state index contributed by atoms with van der Waals surface area (Å²) >= 11 is 1.44. The molecule has 0 aliphatic carbocycles. The molecule has 1 fully saturated rings. The van der Waals surface area contributed by atoms with E-state index in [-0.39, 0.29) is 5.56 Å². The maximum Gasteiger partial charge on any atom is 0.275 e. The normalized spacial score (nSPS) is 15.9. The lowest BCUT2D eigenvalue weighted by Gasteiger charge is -2.34. The third-order valence-electron chi connectivity index (χ3n) is 4.12. The second-order valence-corrected chi connectivity index (χ2v) is 6.73. The van der Waals surface area contributed by atoms with Gasteiger partial charge in [0.1, 0.15) is 5.75 Å². The highest BCUT2D eigenvalue weighted by Gasteiger charge is 2.20. The molecule has 0 spiro atoms. The highest BCUT2D eigenvalue weighted by Crippen LogP contribution is 2.22. The molecule has 0 bridgehead atoms. The van der Waals surface area contributed by atoms with Gasteiger partial charge in [0.2, 0.25) is 10.1 Å². The first-order valence-corrected chi connectivity index (χ1v) is 8.61. The fraction of sp³-hybridized carbons (Fsp3) is 0.312. The van der Waals surface area contributed by atoms with Gasteiger partial charge in [0.05, 0.1) is 0 Å². The molecule has 7 nitrogen and oxygen atoms in total. The van der Waals surface area contributed by atoms with Gasteiger partial charge < -0.3 is 10.0 Å². The SMILES string of the molecule is O=c1ccnc2sc(N3CCN(Cc4cccc(O)c4)CC3)nn12. The van der Waals surface area contributed by atoms with Crippen LogP contribution in [-0.4, -0.2) is 50.8 Å². The lowest BCUT2D eigenvalue weighted by Crippen LogP contribution is -2.46. The van der Waals surface area contributed by atoms with Crippen molar-refractivity contribution in [2.24, 2.45) is 0 Å². The van der Waals surface area contributed by atoms with Gasteiger partial charge in [0, 0.05) is 45.0 Å². The fourth-order valence-corrected chi connectivity index (χ4v) is 3.80. The Kier molecular flexibility index (Phi) is 3.91. The molecule has 0 atom stereocenters. The van der Waals surface area contributed by atoms with Gasteiger partial charge >= 0.3 is 0 Å². The van der Waals surface area contributed by atoms with Crippen LogP contribution in [0, 0.1) is 0 Å². The van der Waals surface area contributed by atoms with E-state index >= 15 is 0 Å². The number of aromatic nitrogens is 3. The quantitative estimate of drug-likeness (QED) is 0.770. The second-order valence-electron chi connectivity index (χ2n) is 5.80. The summed E-state index contributed by atoms with van der Waals surface area (Å²) in [7, 11) is 0. The van der Waals surface area contributed by atoms with Gasteiger partial charge in [0.25, 0.3) is 5.56 Å². The maximum atomic E-state index is 11.8. The highest BCUT2D eigenvalue weighted by atomic mass is 32.1. The molecule has 0 saturated carbocycles. The molecule has 1 aliphatic heterocycles. The molecule has 3 heterocycles. The van der Waals surface area contributed by atoms with Crippen LogP contribution in [0.15, 0.2) is 41.3 Å². The molecule has 1 saturated heterocycles. The van der Waals surface area contributed by atoms with E-state index in [0.717, 1.165) is 43.4 Å². The van der Waals surface area contributed by atoms with E-state index in [9.17, 15) is 9.90 Å². The Labute approximate surface area is 142 Å². The number of benzene rings is 1. The van der Waals surface area contributed by atoms with E-state index in [4.69, 9.17) is 0 Å². The van der Waals surface area contributed by atoms with E-state index in [1.54, 1.807) is 12.1 Å². The van der Waals surface area contributed by atoms with Crippen LogP contribution in [0.4, 0.5) is 5.13 Å². The molecule has 4 rings (SSSR count). The lowest BCUT2D eigenvalue weighted by atomic mass is 10.2. The van der Waals surface area contributed by atoms with Gasteiger partial charge in [-0.1, -0.05) is 23.5 Å². The summed E-state index contributed by atoms with van der Waals surface area (Å²) in [6, 6.07) is 8.80. The number of fused-ring (bicyclic) bond motifs is 1. The van der Waals surface area contributed by atoms with Gasteiger partial charge in [-0.2, -0.15) is 4.52 Å². The minimum atomic E-state index is -0.148. The summed E-state index contributed by atoms with van der Waals surface area (Å²) in [4.78, 5) is 21.1. The fourth-order valence-electron chi connectivity index (χ4n) is 2.87. The van der Waals surface area contributed by atoms with Crippen LogP contribution >= 0.6 is 11.3 Å². The predicted octanol–water partition coefficient (Wildman–Crippen LogP) is 1.18. The van der Waals surface area contributed by atoms with Crippen molar-refractivity contribution in [3.63, 3.8) is 0 Å². The van der Waals surface area contributed by atoms with E-state index < -0.39 is 0 Å². The summed E-state index contributed by atoms with van der Waals surface area (Å²) in [5, 5.41) is 14.8. The molecule has 0 amide bonds. The standard InChI is InChI=1S/C16H17N5O2S/c22-13-3-1-2-12(10-13)11-19-6-8-20(9-7-19)16-18-21-14(23)4-5-17-15(21)24-16/h1-5,10,22H,6-9,11H2. The monoisotopic (exact) mass is 343 g/mol. The number of rotatable bonds is 3. The van der Waals surface area contributed by atoms with Crippen LogP contribution in [0.2, 0.25) is 0 Å². The topological polar surface area (TPSA) is 74.0 Å². The number of phenols is 1. The molecule has 3 aromatic rings. The van der Waals surface area contributed by atoms with Crippen molar-refractivity contribution in [1.29, 1.82) is 0 Å². The summed E-state index contributed by atoms with van der Waals surface area (Å²) in [5.41, 5.74) is 0.962. The van der Waals surface area contributed by atoms with Crippen LogP contribution in [0.25, 0.3) is 4.96 Å². The molecular formula is C16H17N5O2S. The van der Waals surface area contributed by atoms with E-state index in [1.807, 2.05) is 12.1 Å². The van der Waals surface area contributed by atoms with Crippen molar-refractivity contribution in [2.45, 2.75) is 6.54 Å². The molecule has 24 heavy (non-hydrogen) atoms. The maximum absolute atomic E-state index is 11.8. The number of phenolic OH excluding ortho intramolecular Hbond substituents is 1. The highest BCUT2D eigenvalue weighted by molar-refractivity contribution is 7.20. The van der Waals surface area contributed by atoms with Crippen molar-refractivity contribution >= 4 is 21.4 Å².